The number of nitrogens with zero attached hydrogens (tertiary/aromatic N) is 1. The van der Waals surface area contributed by atoms with Gasteiger partial charge in [0.25, 0.3) is 5.91 Å². The molecule has 0 saturated carbocycles. The number of benzene rings is 2. The molecule has 2 aliphatic rings. The van der Waals surface area contributed by atoms with Gasteiger partial charge in [-0.15, -0.1) is 0 Å². The van der Waals surface area contributed by atoms with Crippen LogP contribution >= 0.6 is 22.6 Å². The van der Waals surface area contributed by atoms with E-state index >= 15 is 0 Å². The highest BCUT2D eigenvalue weighted by atomic mass is 127. The summed E-state index contributed by atoms with van der Waals surface area (Å²) in [5, 5.41) is 24.5. The van der Waals surface area contributed by atoms with E-state index in [0.717, 1.165) is 12.8 Å². The number of rotatable bonds is 12. The Kier molecular flexibility index (Phi) is 10.6. The van der Waals surface area contributed by atoms with Crippen molar-refractivity contribution in [1.82, 2.24) is 10.2 Å². The number of furan rings is 1. The van der Waals surface area contributed by atoms with E-state index in [9.17, 15) is 24.6 Å². The summed E-state index contributed by atoms with van der Waals surface area (Å²) in [5.74, 6) is 0.0798. The molecule has 3 aromatic rings. The lowest BCUT2D eigenvalue weighted by atomic mass is 9.87. The number of nitrogens with one attached hydrogen (secondary N) is 1. The Morgan fingerprint density at radius 2 is 1.98 bits per heavy atom. The molecule has 0 unspecified atom stereocenters. The van der Waals surface area contributed by atoms with Crippen molar-refractivity contribution in [3.8, 4) is 17.2 Å². The van der Waals surface area contributed by atoms with Crippen LogP contribution in [0.2, 0.25) is 0 Å². The fourth-order valence-electron chi connectivity index (χ4n) is 5.66. The quantitative estimate of drug-likeness (QED) is 0.187. The minimum atomic E-state index is -1.30. The van der Waals surface area contributed by atoms with Crippen LogP contribution in [-0.4, -0.2) is 98.1 Å². The molecule has 0 bridgehead atoms. The molecule has 2 heterocycles. The zero-order chi connectivity index (χ0) is 32.1. The van der Waals surface area contributed by atoms with E-state index in [-0.39, 0.29) is 55.1 Å². The van der Waals surface area contributed by atoms with Gasteiger partial charge in [-0.25, -0.2) is 0 Å². The summed E-state index contributed by atoms with van der Waals surface area (Å²) < 4.78 is 29.6. The predicted octanol–water partition coefficient (Wildman–Crippen LogP) is 3.10. The number of ether oxygens (including phenoxy) is 4. The van der Waals surface area contributed by atoms with Gasteiger partial charge in [0.05, 0.1) is 36.5 Å². The summed E-state index contributed by atoms with van der Waals surface area (Å²) in [6, 6.07) is 9.15. The monoisotopic (exact) mass is 734 g/mol. The van der Waals surface area contributed by atoms with Crippen LogP contribution in [0.5, 0.6) is 17.2 Å². The smallest absolute Gasteiger partial charge is 0.290 e. The van der Waals surface area contributed by atoms with E-state index in [1.54, 1.807) is 30.3 Å². The molecule has 1 aliphatic heterocycles. The van der Waals surface area contributed by atoms with Crippen LogP contribution in [-0.2, 0) is 9.53 Å². The van der Waals surface area contributed by atoms with Gasteiger partial charge < -0.3 is 43.8 Å². The third kappa shape index (κ3) is 7.11. The Balaban J connectivity index is 1.55. The highest BCUT2D eigenvalue weighted by molar-refractivity contribution is 14.1. The van der Waals surface area contributed by atoms with Gasteiger partial charge in [0.15, 0.2) is 28.6 Å². The van der Waals surface area contributed by atoms with Crippen LogP contribution < -0.4 is 19.5 Å². The van der Waals surface area contributed by atoms with E-state index in [4.69, 9.17) is 23.4 Å². The molecule has 1 aliphatic carbocycles. The molecule has 13 heteroatoms. The van der Waals surface area contributed by atoms with Gasteiger partial charge in [-0.3, -0.25) is 14.4 Å². The summed E-state index contributed by atoms with van der Waals surface area (Å²) in [5.41, 5.74) is 1.05. The minimum absolute atomic E-state index is 0.00138. The molecule has 2 amide bonds. The number of fused-ring (bicyclic) bond motifs is 1. The topological polar surface area (TPSA) is 157 Å². The van der Waals surface area contributed by atoms with Gasteiger partial charge in [-0.05, 0) is 65.8 Å². The number of halogens is 1. The van der Waals surface area contributed by atoms with Gasteiger partial charge in [0.1, 0.15) is 18.5 Å². The first kappa shape index (κ1) is 32.7. The van der Waals surface area contributed by atoms with Crippen molar-refractivity contribution in [3.63, 3.8) is 0 Å². The maximum absolute atomic E-state index is 14.3. The first-order valence-electron chi connectivity index (χ1n) is 14.5. The average molecular weight is 735 g/mol. The number of hydrogen-bond donors (Lipinski definition) is 3. The van der Waals surface area contributed by atoms with Gasteiger partial charge in [-0.1, -0.05) is 12.1 Å². The largest absolute Gasteiger partial charge is 0.493 e. The molecule has 1 fully saturated rings. The molecule has 2 aromatic carbocycles. The van der Waals surface area contributed by atoms with Crippen LogP contribution in [0.3, 0.4) is 0 Å². The van der Waals surface area contributed by atoms with Crippen molar-refractivity contribution < 1.29 is 48.0 Å². The molecule has 0 radical (unpaired) electrons. The van der Waals surface area contributed by atoms with Crippen LogP contribution in [0.15, 0.2) is 52.5 Å². The Hall–Kier alpha value is -3.66. The summed E-state index contributed by atoms with van der Waals surface area (Å²) in [6.45, 7) is 0.453. The van der Waals surface area contributed by atoms with Crippen LogP contribution in [0, 0.1) is 3.57 Å². The van der Waals surface area contributed by atoms with E-state index in [1.807, 2.05) is 22.6 Å². The van der Waals surface area contributed by atoms with Gasteiger partial charge >= 0.3 is 0 Å². The fraction of sp³-hybridized carbons (Fsp3) is 0.406. The first-order chi connectivity index (χ1) is 21.8. The molecule has 12 nitrogen and oxygen atoms in total. The second-order valence-corrected chi connectivity index (χ2v) is 11.9. The normalized spacial score (nSPS) is 21.2. The molecular weight excluding hydrogens is 699 g/mol. The van der Waals surface area contributed by atoms with Crippen LogP contribution in [0.4, 0.5) is 0 Å². The van der Waals surface area contributed by atoms with Gasteiger partial charge in [0, 0.05) is 42.6 Å². The average Bonchev–Trinajstić information content (AvgIpc) is 3.74. The Labute approximate surface area is 273 Å². The Morgan fingerprint density at radius 1 is 1.18 bits per heavy atom. The Bertz CT molecular complexity index is 1580. The lowest BCUT2D eigenvalue weighted by molar-refractivity contribution is -0.118. The second-order valence-electron chi connectivity index (χ2n) is 10.7. The zero-order valence-electron chi connectivity index (χ0n) is 24.9. The van der Waals surface area contributed by atoms with E-state index in [2.05, 4.69) is 5.32 Å². The summed E-state index contributed by atoms with van der Waals surface area (Å²) in [6.07, 6.45) is 1.07. The van der Waals surface area contributed by atoms with E-state index in [0.29, 0.717) is 38.7 Å². The van der Waals surface area contributed by atoms with Crippen molar-refractivity contribution in [2.24, 2.45) is 0 Å². The summed E-state index contributed by atoms with van der Waals surface area (Å²) >= 11 is 2.00. The molecule has 1 aromatic heterocycles. The lowest BCUT2D eigenvalue weighted by Crippen LogP contribution is -2.56. The number of hydrogen-bond acceptors (Lipinski definition) is 10. The fourth-order valence-corrected chi connectivity index (χ4v) is 6.41. The van der Waals surface area contributed by atoms with Crippen molar-refractivity contribution in [1.29, 1.82) is 0 Å². The maximum Gasteiger partial charge on any atom is 0.290 e. The molecule has 5 rings (SSSR count). The number of aliphatic hydroxyl groups excluding tert-OH is 2. The molecule has 3 N–H and O–H groups in total. The highest BCUT2D eigenvalue weighted by Gasteiger charge is 2.43. The van der Waals surface area contributed by atoms with Gasteiger partial charge in [-0.2, -0.15) is 0 Å². The van der Waals surface area contributed by atoms with Crippen molar-refractivity contribution in [3.05, 3.63) is 62.9 Å². The van der Waals surface area contributed by atoms with Crippen molar-refractivity contribution in [2.45, 2.75) is 43.6 Å². The highest BCUT2D eigenvalue weighted by Crippen LogP contribution is 2.38. The summed E-state index contributed by atoms with van der Waals surface area (Å²) in [4.78, 5) is 40.4. The molecule has 1 saturated heterocycles. The van der Waals surface area contributed by atoms with Crippen molar-refractivity contribution in [2.75, 3.05) is 40.5 Å². The number of aldehydes is 1. The lowest BCUT2D eigenvalue weighted by Gasteiger charge is -2.41. The summed E-state index contributed by atoms with van der Waals surface area (Å²) in [7, 11) is 2.94. The first-order valence-corrected chi connectivity index (χ1v) is 15.6. The standard InChI is InChI=1S/C32H35IN2O10/c1-41-24-7-3-5-19-14-27(45-29(19)24)32(40)35(16-21-6-4-10-43-21)23-13-20(31(39)34-8-9-36)15-25(28(23)38)44-30-22(33)11-18(17-37)12-26(30)42-2/h3,5,7,11-12,14-15,17,21,23,25,28,36,38H,4,6,8-10,13,16H2,1-2H3,(H,34,39)/t21-,23-,25+,28+/m1/s1. The molecule has 45 heavy (non-hydrogen) atoms. The number of para-hydroxylation sites is 1. The molecule has 240 valence electrons. The maximum atomic E-state index is 14.3. The SMILES string of the molecule is COc1cc(C=O)cc(I)c1O[C@H]1C=C(C(=O)NCCO)C[C@@H](N(C[C@H]2CCCO2)C(=O)c2cc3cccc(OC)c3o2)[C@@H]1O. The number of methoxy groups -OCH3 is 2. The third-order valence-corrected chi connectivity index (χ3v) is 8.68. The Morgan fingerprint density at radius 3 is 2.67 bits per heavy atom. The molecule has 0 spiro atoms. The van der Waals surface area contributed by atoms with Crippen LogP contribution in [0.1, 0.15) is 40.2 Å². The predicted molar refractivity (Wildman–Crippen MR) is 171 cm³/mol. The number of amides is 2. The molecule has 4 atom stereocenters. The third-order valence-electron chi connectivity index (χ3n) is 7.88. The van der Waals surface area contributed by atoms with Gasteiger partial charge in [0.2, 0.25) is 5.91 Å². The zero-order valence-corrected chi connectivity index (χ0v) is 27.0. The van der Waals surface area contributed by atoms with Crippen molar-refractivity contribution >= 4 is 51.7 Å². The van der Waals surface area contributed by atoms with E-state index in [1.165, 1.54) is 31.3 Å². The van der Waals surface area contributed by atoms with Crippen LogP contribution in [0.25, 0.3) is 11.0 Å². The number of carbonyl (C=O) groups is 3. The van der Waals surface area contributed by atoms with E-state index < -0.39 is 30.1 Å². The second kappa shape index (κ2) is 14.6. The number of carbonyl (C=O) groups excluding carboxylic acids is 3. The molecular formula is C32H35IN2O10. The number of aliphatic hydroxyl groups is 2. The minimum Gasteiger partial charge on any atom is -0.493 e.